The van der Waals surface area contributed by atoms with Gasteiger partial charge in [0.1, 0.15) is 23.2 Å². The van der Waals surface area contributed by atoms with Gasteiger partial charge in [0.25, 0.3) is 5.91 Å². The number of nitrogens with one attached hydrogen (secondary N) is 2. The van der Waals surface area contributed by atoms with Crippen molar-refractivity contribution in [1.82, 2.24) is 35.2 Å². The molecule has 13 nitrogen and oxygen atoms in total. The molecule has 3 aliphatic heterocycles. The predicted molar refractivity (Wildman–Crippen MR) is 248 cm³/mol. The Kier molecular flexibility index (Phi) is 12.8. The molecule has 344 valence electrons. The van der Waals surface area contributed by atoms with E-state index in [0.29, 0.717) is 43.3 Å². The van der Waals surface area contributed by atoms with Gasteiger partial charge in [-0.15, -0.1) is 11.3 Å². The van der Waals surface area contributed by atoms with Gasteiger partial charge >= 0.3 is 5.97 Å². The van der Waals surface area contributed by atoms with E-state index in [9.17, 15) is 14.4 Å². The van der Waals surface area contributed by atoms with E-state index in [0.717, 1.165) is 83.2 Å². The molecule has 0 spiro atoms. The Bertz CT molecular complexity index is 2370. The fourth-order valence-electron chi connectivity index (χ4n) is 10.7. The third-order valence-corrected chi connectivity index (χ3v) is 15.8. The molecule has 4 fully saturated rings. The van der Waals surface area contributed by atoms with Crippen molar-refractivity contribution in [2.24, 2.45) is 23.2 Å². The van der Waals surface area contributed by atoms with E-state index in [1.807, 2.05) is 12.3 Å². The number of fused-ring (bicyclic) bond motifs is 6. The molecule has 6 bridgehead atoms. The summed E-state index contributed by atoms with van der Waals surface area (Å²) < 4.78 is 21.0. The number of rotatable bonds is 10. The number of amides is 2. The monoisotopic (exact) mass is 893 g/mol. The number of thiazole rings is 1. The van der Waals surface area contributed by atoms with Crippen LogP contribution < -0.4 is 10.7 Å². The van der Waals surface area contributed by atoms with E-state index in [1.165, 1.54) is 34.8 Å². The van der Waals surface area contributed by atoms with Crippen LogP contribution in [0.15, 0.2) is 35.8 Å². The van der Waals surface area contributed by atoms with Crippen LogP contribution in [0.1, 0.15) is 127 Å². The zero-order valence-electron chi connectivity index (χ0n) is 38.9. The lowest BCUT2D eigenvalue weighted by molar-refractivity contribution is -0.156. The number of aryl methyl sites for hydroxylation is 1. The van der Waals surface area contributed by atoms with Gasteiger partial charge in [0, 0.05) is 77.8 Å². The normalized spacial score (nSPS) is 27.3. The standard InChI is InChI=1S/C50H67N7O6S/c1-9-56-40-16-13-32-22-35(40)37(44(56)36-23-33(25-51-42(36)30(5)61-8)31-17-20-55(21-18-31)34-14-15-34)24-50(6,7)27-63-49(60)38-12-11-19-57(54-38)48(59)43(53-46(58)41-28(3)29(41)4)45(62-10-2)47-52-39(32)26-64-47/h13,16,22-23,25-26,28-31,34,38,41,43,45,54H,9-12,14-15,17-21,24,27H2,1-8H3,(H,53,58)/t28-,29+,30-,38-,41?,43-,45-/m0/s1. The minimum atomic E-state index is -1.07. The van der Waals surface area contributed by atoms with Crippen molar-refractivity contribution in [3.8, 4) is 22.5 Å². The van der Waals surface area contributed by atoms with E-state index in [2.05, 4.69) is 92.2 Å². The van der Waals surface area contributed by atoms with Gasteiger partial charge in [0.2, 0.25) is 5.91 Å². The maximum absolute atomic E-state index is 14.6. The zero-order valence-corrected chi connectivity index (χ0v) is 39.8. The average molecular weight is 894 g/mol. The number of carbonyl (C=O) groups is 3. The van der Waals surface area contributed by atoms with Crippen LogP contribution in [0.25, 0.3) is 33.4 Å². The van der Waals surface area contributed by atoms with Gasteiger partial charge in [-0.25, -0.2) is 10.4 Å². The molecule has 4 aromatic rings. The number of aromatic nitrogens is 3. The topological polar surface area (TPSA) is 140 Å². The summed E-state index contributed by atoms with van der Waals surface area (Å²) in [4.78, 5) is 55.5. The van der Waals surface area contributed by atoms with E-state index in [1.54, 1.807) is 7.11 Å². The van der Waals surface area contributed by atoms with Crippen molar-refractivity contribution < 1.29 is 28.6 Å². The first-order chi connectivity index (χ1) is 30.8. The lowest BCUT2D eigenvalue weighted by Gasteiger charge is -2.37. The highest BCUT2D eigenvalue weighted by Gasteiger charge is 2.50. The summed E-state index contributed by atoms with van der Waals surface area (Å²) in [6.45, 7) is 18.4. The summed E-state index contributed by atoms with van der Waals surface area (Å²) in [5.41, 5.74) is 11.1. The molecule has 1 aromatic carbocycles. The zero-order chi connectivity index (χ0) is 45.0. The Morgan fingerprint density at radius 3 is 2.52 bits per heavy atom. The summed E-state index contributed by atoms with van der Waals surface area (Å²) in [5.74, 6) is -0.265. The second kappa shape index (κ2) is 18.2. The molecule has 9 rings (SSSR count). The molecule has 2 N–H and O–H groups in total. The number of cyclic esters (lactones) is 1. The largest absolute Gasteiger partial charge is 0.464 e. The third kappa shape index (κ3) is 8.77. The van der Waals surface area contributed by atoms with E-state index >= 15 is 0 Å². The highest BCUT2D eigenvalue weighted by atomic mass is 32.1. The van der Waals surface area contributed by atoms with Crippen LogP contribution >= 0.6 is 11.3 Å². The fraction of sp³-hybridized carbons (Fsp3) is 0.620. The smallest absolute Gasteiger partial charge is 0.324 e. The number of pyridine rings is 1. The van der Waals surface area contributed by atoms with Crippen molar-refractivity contribution in [3.05, 3.63) is 57.7 Å². The predicted octanol–water partition coefficient (Wildman–Crippen LogP) is 7.98. The minimum absolute atomic E-state index is 0.172. The molecule has 7 atom stereocenters. The molecule has 2 saturated carbocycles. The number of hydrazine groups is 1. The maximum Gasteiger partial charge on any atom is 0.324 e. The Morgan fingerprint density at radius 1 is 1.06 bits per heavy atom. The summed E-state index contributed by atoms with van der Waals surface area (Å²) >= 11 is 1.43. The molecule has 14 heteroatoms. The number of nitrogens with zero attached hydrogens (tertiary/aromatic N) is 5. The van der Waals surface area contributed by atoms with Gasteiger partial charge < -0.3 is 29.0 Å². The van der Waals surface area contributed by atoms with E-state index < -0.39 is 29.6 Å². The Morgan fingerprint density at radius 2 is 1.83 bits per heavy atom. The lowest BCUT2D eigenvalue weighted by atomic mass is 9.83. The second-order valence-electron chi connectivity index (χ2n) is 19.9. The van der Waals surface area contributed by atoms with Crippen LogP contribution in [0.3, 0.4) is 0 Å². The molecule has 2 amide bonds. The molecule has 1 unspecified atom stereocenters. The van der Waals surface area contributed by atoms with Crippen LogP contribution in [-0.2, 0) is 41.6 Å². The van der Waals surface area contributed by atoms with Gasteiger partial charge in [-0.1, -0.05) is 33.8 Å². The maximum atomic E-state index is 14.6. The number of esters is 1. The lowest BCUT2D eigenvalue weighted by Crippen LogP contribution is -2.61. The summed E-state index contributed by atoms with van der Waals surface area (Å²) in [7, 11) is 1.75. The van der Waals surface area contributed by atoms with Crippen molar-refractivity contribution in [1.29, 1.82) is 0 Å². The van der Waals surface area contributed by atoms with E-state index in [4.69, 9.17) is 24.2 Å². The summed E-state index contributed by atoms with van der Waals surface area (Å²) in [6, 6.07) is 7.93. The molecule has 5 aliphatic rings. The Labute approximate surface area is 382 Å². The number of methoxy groups -OCH3 is 1. The third-order valence-electron chi connectivity index (χ3n) is 14.9. The van der Waals surface area contributed by atoms with Gasteiger partial charge in [0.05, 0.1) is 29.8 Å². The van der Waals surface area contributed by atoms with Crippen molar-refractivity contribution in [3.63, 3.8) is 0 Å². The van der Waals surface area contributed by atoms with Crippen LogP contribution in [0.5, 0.6) is 0 Å². The molecule has 2 aliphatic carbocycles. The van der Waals surface area contributed by atoms with Crippen molar-refractivity contribution in [2.75, 3.05) is 40.0 Å². The number of benzene rings is 1. The quantitative estimate of drug-likeness (QED) is 0.151. The molecular formula is C50H67N7O6S. The molecule has 64 heavy (non-hydrogen) atoms. The first-order valence-electron chi connectivity index (χ1n) is 23.8. The average Bonchev–Trinajstić information content (AvgIpc) is 4.16. The first kappa shape index (κ1) is 45.0. The number of likely N-dealkylation sites (tertiary alicyclic amines) is 1. The van der Waals surface area contributed by atoms with Gasteiger partial charge in [-0.05, 0) is 126 Å². The summed E-state index contributed by atoms with van der Waals surface area (Å²) in [5, 5.41) is 8.30. The number of hydrogen-bond donors (Lipinski definition) is 2. The Balaban J connectivity index is 1.18. The van der Waals surface area contributed by atoms with Crippen LogP contribution in [0.4, 0.5) is 0 Å². The Hall–Kier alpha value is -4.21. The van der Waals surface area contributed by atoms with Gasteiger partial charge in [-0.3, -0.25) is 24.4 Å². The molecular weight excluding hydrogens is 827 g/mol. The first-order valence-corrected chi connectivity index (χ1v) is 24.7. The number of piperidine rings is 1. The summed E-state index contributed by atoms with van der Waals surface area (Å²) in [6.07, 6.45) is 7.61. The van der Waals surface area contributed by atoms with Crippen molar-refractivity contribution >= 4 is 40.0 Å². The van der Waals surface area contributed by atoms with Crippen LogP contribution in [0.2, 0.25) is 0 Å². The van der Waals surface area contributed by atoms with Crippen LogP contribution in [0, 0.1) is 23.2 Å². The molecule has 6 heterocycles. The highest BCUT2D eigenvalue weighted by molar-refractivity contribution is 7.10. The highest BCUT2D eigenvalue weighted by Crippen LogP contribution is 2.47. The van der Waals surface area contributed by atoms with Crippen LogP contribution in [-0.4, -0.2) is 100 Å². The molecule has 0 radical (unpaired) electrons. The minimum Gasteiger partial charge on any atom is -0.464 e. The number of hydrogen-bond acceptors (Lipinski definition) is 11. The SMILES string of the molecule is CCO[C@@H]1c2nc(cs2)-c2ccc3c(c2)c(c(-c2cc(C4CCN(C5CC5)CC4)cnc2[C@H](C)OC)n3CC)CC(C)(C)COC(=O)[C@@H]2CCCN(N2)C(=O)[C@H]1NC(=O)C1[C@@H](C)[C@H]1C. The van der Waals surface area contributed by atoms with Crippen molar-refractivity contribution in [2.45, 2.75) is 136 Å². The molecule has 2 saturated heterocycles. The van der Waals surface area contributed by atoms with Gasteiger partial charge in [-0.2, -0.15) is 0 Å². The van der Waals surface area contributed by atoms with E-state index in [-0.39, 0.29) is 42.3 Å². The fourth-order valence-corrected chi connectivity index (χ4v) is 11.6. The van der Waals surface area contributed by atoms with Gasteiger partial charge in [0.15, 0.2) is 0 Å². The second-order valence-corrected chi connectivity index (χ2v) is 20.8. The number of carbonyl (C=O) groups excluding carboxylic acids is 3. The number of ether oxygens (including phenoxy) is 3. The molecule has 3 aromatic heterocycles.